The van der Waals surface area contributed by atoms with Gasteiger partial charge in [0, 0.05) is 18.3 Å². The van der Waals surface area contributed by atoms with Crippen molar-refractivity contribution < 1.29 is 14.7 Å². The van der Waals surface area contributed by atoms with Crippen LogP contribution in [0.3, 0.4) is 0 Å². The Morgan fingerprint density at radius 3 is 2.88 bits per heavy atom. The highest BCUT2D eigenvalue weighted by Gasteiger charge is 2.43. The average Bonchev–Trinajstić information content (AvgIpc) is 2.27. The topological polar surface area (TPSA) is 69.6 Å². The Hall–Kier alpha value is -1.88. The van der Waals surface area contributed by atoms with Gasteiger partial charge in [-0.1, -0.05) is 6.07 Å². The number of hydrogen-bond donors (Lipinski definition) is 2. The molecule has 3 aliphatic rings. The molecular formula is C12H12N2O3. The van der Waals surface area contributed by atoms with E-state index in [1.54, 1.807) is 23.1 Å². The fraction of sp³-hybridized carbons (Fsp3) is 0.333. The number of carbonyl (C=O) groups is 2. The highest BCUT2D eigenvalue weighted by atomic mass is 16.4. The van der Waals surface area contributed by atoms with Gasteiger partial charge in [-0.25, -0.2) is 4.79 Å². The van der Waals surface area contributed by atoms with Gasteiger partial charge in [0.2, 0.25) is 5.91 Å². The maximum Gasteiger partial charge on any atom is 0.335 e. The molecule has 0 aromatic heterocycles. The van der Waals surface area contributed by atoms with Gasteiger partial charge < -0.3 is 15.3 Å². The van der Waals surface area contributed by atoms with Gasteiger partial charge in [0.1, 0.15) is 0 Å². The van der Waals surface area contributed by atoms with Crippen molar-refractivity contribution in [2.75, 3.05) is 11.4 Å². The lowest BCUT2D eigenvalue weighted by molar-refractivity contribution is -0.125. The van der Waals surface area contributed by atoms with E-state index in [0.717, 1.165) is 6.42 Å². The summed E-state index contributed by atoms with van der Waals surface area (Å²) in [5, 5.41) is 12.1. The molecule has 2 N–H and O–H groups in total. The van der Waals surface area contributed by atoms with Gasteiger partial charge in [0.25, 0.3) is 0 Å². The van der Waals surface area contributed by atoms with Crippen LogP contribution >= 0.6 is 0 Å². The zero-order valence-electron chi connectivity index (χ0n) is 9.09. The van der Waals surface area contributed by atoms with Crippen molar-refractivity contribution in [2.45, 2.75) is 18.5 Å². The summed E-state index contributed by atoms with van der Waals surface area (Å²) in [5.41, 5.74) is 0.883. The molecule has 3 saturated heterocycles. The van der Waals surface area contributed by atoms with Crippen molar-refractivity contribution in [3.05, 3.63) is 29.8 Å². The summed E-state index contributed by atoms with van der Waals surface area (Å²) in [6.07, 6.45) is 0.897. The number of carboxylic acid groups (broad SMARTS) is 1. The van der Waals surface area contributed by atoms with E-state index in [2.05, 4.69) is 5.32 Å². The first-order valence-electron chi connectivity index (χ1n) is 5.56. The minimum atomic E-state index is -0.973. The molecule has 0 saturated carbocycles. The van der Waals surface area contributed by atoms with Crippen molar-refractivity contribution in [3.8, 4) is 0 Å². The van der Waals surface area contributed by atoms with Crippen LogP contribution in [0.15, 0.2) is 24.3 Å². The monoisotopic (exact) mass is 232 g/mol. The number of fused-ring (bicyclic) bond motifs is 2. The number of piperidine rings is 1. The Balaban J connectivity index is 1.91. The van der Waals surface area contributed by atoms with E-state index in [4.69, 9.17) is 5.11 Å². The van der Waals surface area contributed by atoms with E-state index in [-0.39, 0.29) is 17.5 Å². The van der Waals surface area contributed by atoms with E-state index < -0.39 is 5.97 Å². The summed E-state index contributed by atoms with van der Waals surface area (Å²) in [6, 6.07) is 6.78. The molecule has 2 atom stereocenters. The molecule has 2 unspecified atom stereocenters. The summed E-state index contributed by atoms with van der Waals surface area (Å²) >= 11 is 0. The SMILES string of the molecule is O=C(O)c1cccc(N2CC3CC(N3)C2=O)c1. The molecule has 0 aliphatic carbocycles. The Morgan fingerprint density at radius 2 is 2.24 bits per heavy atom. The molecule has 1 amide bonds. The minimum Gasteiger partial charge on any atom is -0.478 e. The average molecular weight is 232 g/mol. The fourth-order valence-electron chi connectivity index (χ4n) is 2.38. The van der Waals surface area contributed by atoms with Gasteiger partial charge in [-0.15, -0.1) is 0 Å². The summed E-state index contributed by atoms with van der Waals surface area (Å²) in [5.74, 6) is -0.936. The molecule has 4 rings (SSSR count). The number of rotatable bonds is 2. The van der Waals surface area contributed by atoms with Gasteiger partial charge >= 0.3 is 5.97 Å². The molecule has 3 aliphatic heterocycles. The van der Waals surface area contributed by atoms with Crippen molar-refractivity contribution in [3.63, 3.8) is 0 Å². The first-order chi connectivity index (χ1) is 8.15. The summed E-state index contributed by atoms with van der Waals surface area (Å²) in [6.45, 7) is 0.623. The largest absolute Gasteiger partial charge is 0.478 e. The van der Waals surface area contributed by atoms with Gasteiger partial charge in [-0.2, -0.15) is 0 Å². The Kier molecular flexibility index (Phi) is 2.16. The molecule has 1 aromatic rings. The number of nitrogens with zero attached hydrogens (tertiary/aromatic N) is 1. The number of carboxylic acids is 1. The van der Waals surface area contributed by atoms with Crippen molar-refractivity contribution in [2.24, 2.45) is 0 Å². The highest BCUT2D eigenvalue weighted by molar-refractivity contribution is 6.00. The lowest BCUT2D eigenvalue weighted by Gasteiger charge is -2.47. The summed E-state index contributed by atoms with van der Waals surface area (Å²) in [4.78, 5) is 24.5. The quantitative estimate of drug-likeness (QED) is 0.777. The summed E-state index contributed by atoms with van der Waals surface area (Å²) in [7, 11) is 0. The molecule has 17 heavy (non-hydrogen) atoms. The zero-order valence-corrected chi connectivity index (χ0v) is 9.09. The van der Waals surface area contributed by atoms with Crippen LogP contribution in [-0.4, -0.2) is 35.6 Å². The molecule has 0 spiro atoms. The van der Waals surface area contributed by atoms with Crippen LogP contribution < -0.4 is 10.2 Å². The lowest BCUT2D eigenvalue weighted by Crippen LogP contribution is -2.70. The van der Waals surface area contributed by atoms with Crippen LogP contribution in [0.2, 0.25) is 0 Å². The Bertz CT molecular complexity index is 494. The lowest BCUT2D eigenvalue weighted by atomic mass is 9.90. The van der Waals surface area contributed by atoms with Crippen molar-refractivity contribution in [1.29, 1.82) is 0 Å². The molecule has 5 nitrogen and oxygen atoms in total. The van der Waals surface area contributed by atoms with Crippen molar-refractivity contribution >= 4 is 17.6 Å². The standard InChI is InChI=1S/C12H12N2O3/c15-11-10-5-8(13-10)6-14(11)9-3-1-2-7(4-9)12(16)17/h1-4,8,10,13H,5-6H2,(H,16,17). The smallest absolute Gasteiger partial charge is 0.335 e. The first kappa shape index (κ1) is 10.3. The second-order valence-corrected chi connectivity index (χ2v) is 4.46. The third kappa shape index (κ3) is 1.59. The van der Waals surface area contributed by atoms with E-state index in [0.29, 0.717) is 18.3 Å². The second-order valence-electron chi connectivity index (χ2n) is 4.46. The van der Waals surface area contributed by atoms with Crippen LogP contribution in [0.5, 0.6) is 0 Å². The maximum atomic E-state index is 12.0. The molecular weight excluding hydrogens is 220 g/mol. The van der Waals surface area contributed by atoms with Crippen LogP contribution in [0.25, 0.3) is 0 Å². The van der Waals surface area contributed by atoms with Crippen LogP contribution in [0.4, 0.5) is 5.69 Å². The minimum absolute atomic E-state index is 0.0371. The number of amides is 1. The second kappa shape index (κ2) is 3.56. The van der Waals surface area contributed by atoms with Crippen LogP contribution in [0, 0.1) is 0 Å². The molecule has 0 radical (unpaired) electrons. The van der Waals surface area contributed by atoms with Gasteiger partial charge in [0.05, 0.1) is 11.6 Å². The van der Waals surface area contributed by atoms with Crippen LogP contribution in [-0.2, 0) is 4.79 Å². The van der Waals surface area contributed by atoms with Gasteiger partial charge in [0.15, 0.2) is 0 Å². The predicted octanol–water partition coefficient (Wildman–Crippen LogP) is 0.462. The number of carbonyl (C=O) groups excluding carboxylic acids is 1. The number of anilines is 1. The molecule has 5 heteroatoms. The van der Waals surface area contributed by atoms with Gasteiger partial charge in [-0.3, -0.25) is 4.79 Å². The Morgan fingerprint density at radius 1 is 1.47 bits per heavy atom. The van der Waals surface area contributed by atoms with Crippen LogP contribution in [0.1, 0.15) is 16.8 Å². The number of nitrogens with one attached hydrogen (secondary N) is 1. The highest BCUT2D eigenvalue weighted by Crippen LogP contribution is 2.27. The van der Waals surface area contributed by atoms with Gasteiger partial charge in [-0.05, 0) is 24.6 Å². The zero-order chi connectivity index (χ0) is 12.0. The fourth-order valence-corrected chi connectivity index (χ4v) is 2.38. The Labute approximate surface area is 98.0 Å². The van der Waals surface area contributed by atoms with E-state index in [1.165, 1.54) is 6.07 Å². The number of benzene rings is 1. The molecule has 3 heterocycles. The summed E-state index contributed by atoms with van der Waals surface area (Å²) < 4.78 is 0. The number of aromatic carboxylic acids is 1. The molecule has 88 valence electrons. The number of hydrogen-bond acceptors (Lipinski definition) is 3. The molecule has 2 bridgehead atoms. The third-order valence-corrected chi connectivity index (χ3v) is 3.33. The predicted molar refractivity (Wildman–Crippen MR) is 61.1 cm³/mol. The van der Waals surface area contributed by atoms with E-state index in [1.807, 2.05) is 0 Å². The maximum absolute atomic E-state index is 12.0. The normalized spacial score (nSPS) is 26.6. The van der Waals surface area contributed by atoms with E-state index >= 15 is 0 Å². The number of piperazine rings is 1. The van der Waals surface area contributed by atoms with E-state index in [9.17, 15) is 9.59 Å². The third-order valence-electron chi connectivity index (χ3n) is 3.33. The van der Waals surface area contributed by atoms with Crippen molar-refractivity contribution in [1.82, 2.24) is 5.32 Å². The molecule has 1 aromatic carbocycles. The molecule has 3 fully saturated rings. The first-order valence-corrected chi connectivity index (χ1v) is 5.56.